The fourth-order valence-electron chi connectivity index (χ4n) is 2.22. The summed E-state index contributed by atoms with van der Waals surface area (Å²) in [7, 11) is 2.78. The van der Waals surface area contributed by atoms with Crippen molar-refractivity contribution in [2.75, 3.05) is 25.0 Å². The number of non-ortho nitro benzene ring substituents is 1. The Morgan fingerprint density at radius 3 is 2.32 bits per heavy atom. The number of benzene rings is 2. The summed E-state index contributed by atoms with van der Waals surface area (Å²) in [6.07, 6.45) is 0. The summed E-state index contributed by atoms with van der Waals surface area (Å²) >= 11 is 0. The lowest BCUT2D eigenvalue weighted by Crippen LogP contribution is -2.29. The zero-order valence-electron chi connectivity index (χ0n) is 15.4. The number of amides is 1. The van der Waals surface area contributed by atoms with E-state index in [1.54, 1.807) is 24.3 Å². The maximum absolute atomic E-state index is 12.5. The Morgan fingerprint density at radius 1 is 1.04 bits per heavy atom. The normalized spacial score (nSPS) is 10.8. The van der Waals surface area contributed by atoms with Crippen molar-refractivity contribution in [2.45, 2.75) is 6.92 Å². The first-order chi connectivity index (χ1) is 13.4. The quantitative estimate of drug-likeness (QED) is 0.308. The van der Waals surface area contributed by atoms with E-state index in [0.29, 0.717) is 11.4 Å². The number of hydrogen-bond acceptors (Lipinski definition) is 8. The van der Waals surface area contributed by atoms with Crippen molar-refractivity contribution in [1.82, 2.24) is 0 Å². The minimum atomic E-state index is -0.745. The molecule has 1 amide bonds. The molecule has 2 N–H and O–H groups in total. The molecule has 146 valence electrons. The molecule has 0 fully saturated rings. The van der Waals surface area contributed by atoms with Gasteiger partial charge in [0.15, 0.2) is 17.2 Å². The van der Waals surface area contributed by atoms with Crippen LogP contribution in [0, 0.1) is 10.1 Å². The van der Waals surface area contributed by atoms with Gasteiger partial charge in [0.1, 0.15) is 5.75 Å². The van der Waals surface area contributed by atoms with E-state index in [4.69, 9.17) is 9.47 Å². The monoisotopic (exact) mass is 386 g/mol. The maximum atomic E-state index is 12.5. The Hall–Kier alpha value is -3.95. The molecule has 28 heavy (non-hydrogen) atoms. The molecule has 0 aromatic heterocycles. The van der Waals surface area contributed by atoms with Gasteiger partial charge in [-0.15, -0.1) is 0 Å². The molecule has 0 saturated heterocycles. The second-order valence-electron chi connectivity index (χ2n) is 5.42. The Balaban J connectivity index is 2.26. The number of hydrazone groups is 1. The highest BCUT2D eigenvalue weighted by atomic mass is 16.6. The molecular weight excluding hydrogens is 368 g/mol. The first-order valence-corrected chi connectivity index (χ1v) is 7.98. The van der Waals surface area contributed by atoms with Crippen LogP contribution in [-0.2, 0) is 9.59 Å². The van der Waals surface area contributed by atoms with Crippen LogP contribution in [0.1, 0.15) is 6.92 Å². The molecule has 0 unspecified atom stereocenters. The average Bonchev–Trinajstić information content (AvgIpc) is 2.68. The summed E-state index contributed by atoms with van der Waals surface area (Å²) in [6.45, 7) is 1.19. The number of carbonyl (C=O) groups excluding carboxylic acids is 2. The topological polar surface area (TPSA) is 132 Å². The van der Waals surface area contributed by atoms with Gasteiger partial charge in [0.2, 0.25) is 0 Å². The van der Waals surface area contributed by atoms with Gasteiger partial charge in [0.05, 0.1) is 36.6 Å². The fraction of sp³-hybridized carbons (Fsp3) is 0.167. The summed E-state index contributed by atoms with van der Waals surface area (Å²) in [5, 5.41) is 17.2. The number of nitro groups is 1. The van der Waals surface area contributed by atoms with Gasteiger partial charge in [-0.25, -0.2) is 0 Å². The number of Topliss-reactive ketones (excluding diaryl/α,β-unsaturated/α-hetero) is 1. The van der Waals surface area contributed by atoms with Crippen LogP contribution in [0.2, 0.25) is 0 Å². The van der Waals surface area contributed by atoms with E-state index in [-0.39, 0.29) is 17.1 Å². The van der Waals surface area contributed by atoms with Crippen molar-refractivity contribution in [3.63, 3.8) is 0 Å². The Morgan fingerprint density at radius 2 is 1.71 bits per heavy atom. The van der Waals surface area contributed by atoms with E-state index in [1.165, 1.54) is 39.3 Å². The first kappa shape index (κ1) is 20.4. The molecule has 2 aromatic carbocycles. The number of hydrogen-bond donors (Lipinski definition) is 2. The molecule has 0 bridgehead atoms. The smallest absolute Gasteiger partial charge is 0.279 e. The summed E-state index contributed by atoms with van der Waals surface area (Å²) in [4.78, 5) is 34.6. The number of ether oxygens (including phenoxy) is 2. The average molecular weight is 386 g/mol. The van der Waals surface area contributed by atoms with Crippen molar-refractivity contribution in [2.24, 2.45) is 5.10 Å². The minimum Gasteiger partial charge on any atom is -0.495 e. The van der Waals surface area contributed by atoms with E-state index in [0.717, 1.165) is 0 Å². The van der Waals surface area contributed by atoms with Crippen LogP contribution in [0.5, 0.6) is 11.5 Å². The molecule has 0 aliphatic carbocycles. The zero-order valence-corrected chi connectivity index (χ0v) is 15.4. The summed E-state index contributed by atoms with van der Waals surface area (Å²) < 4.78 is 10.2. The van der Waals surface area contributed by atoms with E-state index >= 15 is 0 Å². The van der Waals surface area contributed by atoms with Gasteiger partial charge in [0, 0.05) is 13.0 Å². The molecule has 10 nitrogen and oxygen atoms in total. The predicted molar refractivity (Wildman–Crippen MR) is 103 cm³/mol. The van der Waals surface area contributed by atoms with Crippen LogP contribution in [0.15, 0.2) is 47.6 Å². The molecule has 0 heterocycles. The van der Waals surface area contributed by atoms with Crippen LogP contribution in [0.3, 0.4) is 0 Å². The van der Waals surface area contributed by atoms with Gasteiger partial charge in [-0.3, -0.25) is 25.1 Å². The van der Waals surface area contributed by atoms with Crippen molar-refractivity contribution in [1.29, 1.82) is 0 Å². The van der Waals surface area contributed by atoms with Gasteiger partial charge in [0.25, 0.3) is 11.6 Å². The SMILES string of the molecule is COc1cc([N+](=O)[O-])ccc1N/N=C(/C(C)=O)C(=O)Nc1ccccc1OC. The van der Waals surface area contributed by atoms with Gasteiger partial charge in [-0.1, -0.05) is 12.1 Å². The van der Waals surface area contributed by atoms with Crippen molar-refractivity contribution in [3.8, 4) is 11.5 Å². The highest BCUT2D eigenvalue weighted by Crippen LogP contribution is 2.29. The lowest BCUT2D eigenvalue weighted by atomic mass is 10.2. The highest BCUT2D eigenvalue weighted by molar-refractivity contribution is 6.67. The molecule has 0 spiro atoms. The molecule has 0 radical (unpaired) electrons. The standard InChI is InChI=1S/C18H18N4O6/c1-11(23)17(18(24)19-13-6-4-5-7-15(13)27-2)21-20-14-9-8-12(22(25)26)10-16(14)28-3/h4-10,20H,1-3H3,(H,19,24)/b21-17-. The van der Waals surface area contributed by atoms with Crippen molar-refractivity contribution >= 4 is 34.5 Å². The third-order valence-corrected chi connectivity index (χ3v) is 3.59. The number of nitrogens with one attached hydrogen (secondary N) is 2. The van der Waals surface area contributed by atoms with Crippen LogP contribution >= 0.6 is 0 Å². The van der Waals surface area contributed by atoms with E-state index in [2.05, 4.69) is 15.8 Å². The molecule has 2 aromatic rings. The molecule has 0 atom stereocenters. The third kappa shape index (κ3) is 4.81. The number of nitrogens with zero attached hydrogens (tertiary/aromatic N) is 2. The molecular formula is C18H18N4O6. The van der Waals surface area contributed by atoms with E-state index in [9.17, 15) is 19.7 Å². The van der Waals surface area contributed by atoms with Crippen LogP contribution < -0.4 is 20.2 Å². The molecule has 10 heteroatoms. The maximum Gasteiger partial charge on any atom is 0.279 e. The fourth-order valence-corrected chi connectivity index (χ4v) is 2.22. The van der Waals surface area contributed by atoms with Crippen LogP contribution in [0.25, 0.3) is 0 Å². The van der Waals surface area contributed by atoms with Crippen molar-refractivity contribution in [3.05, 3.63) is 52.6 Å². The number of ketones is 1. The largest absolute Gasteiger partial charge is 0.495 e. The van der Waals surface area contributed by atoms with Gasteiger partial charge in [-0.2, -0.15) is 5.10 Å². The number of para-hydroxylation sites is 2. The molecule has 0 aliphatic rings. The number of rotatable bonds is 8. The van der Waals surface area contributed by atoms with Gasteiger partial charge in [-0.05, 0) is 18.2 Å². The van der Waals surface area contributed by atoms with E-state index in [1.807, 2.05) is 0 Å². The Bertz CT molecular complexity index is 941. The number of nitro benzene ring substituents is 1. The highest BCUT2D eigenvalue weighted by Gasteiger charge is 2.19. The molecule has 0 saturated carbocycles. The van der Waals surface area contributed by atoms with Crippen molar-refractivity contribution < 1.29 is 24.0 Å². The van der Waals surface area contributed by atoms with Gasteiger partial charge >= 0.3 is 0 Å². The zero-order chi connectivity index (χ0) is 20.7. The van der Waals surface area contributed by atoms with Gasteiger partial charge < -0.3 is 14.8 Å². The number of methoxy groups -OCH3 is 2. The number of anilines is 2. The lowest BCUT2D eigenvalue weighted by Gasteiger charge is -2.11. The van der Waals surface area contributed by atoms with E-state index < -0.39 is 22.3 Å². The summed E-state index contributed by atoms with van der Waals surface area (Å²) in [5.41, 5.74) is 2.58. The lowest BCUT2D eigenvalue weighted by molar-refractivity contribution is -0.384. The third-order valence-electron chi connectivity index (χ3n) is 3.59. The molecule has 0 aliphatic heterocycles. The predicted octanol–water partition coefficient (Wildman–Crippen LogP) is 2.61. The summed E-state index contributed by atoms with van der Waals surface area (Å²) in [5.74, 6) is -0.777. The first-order valence-electron chi connectivity index (χ1n) is 7.98. The van der Waals surface area contributed by atoms with Crippen LogP contribution in [0.4, 0.5) is 17.1 Å². The second kappa shape index (κ2) is 9.12. The second-order valence-corrected chi connectivity index (χ2v) is 5.42. The summed E-state index contributed by atoms with van der Waals surface area (Å²) in [6, 6.07) is 10.5. The minimum absolute atomic E-state index is 0.131. The van der Waals surface area contributed by atoms with Crippen LogP contribution in [-0.4, -0.2) is 36.5 Å². The molecule has 2 rings (SSSR count). The Labute approximate surface area is 160 Å². The Kier molecular flexibility index (Phi) is 6.63. The number of carbonyl (C=O) groups is 2.